The van der Waals surface area contributed by atoms with Gasteiger partial charge in [-0.05, 0) is 39.0 Å². The first-order valence-corrected chi connectivity index (χ1v) is 11.8. The summed E-state index contributed by atoms with van der Waals surface area (Å²) < 4.78 is 0.673. The fourth-order valence-corrected chi connectivity index (χ4v) is 4.24. The van der Waals surface area contributed by atoms with Crippen molar-refractivity contribution in [3.63, 3.8) is 0 Å². The van der Waals surface area contributed by atoms with E-state index in [0.717, 1.165) is 13.0 Å². The summed E-state index contributed by atoms with van der Waals surface area (Å²) in [5, 5.41) is 13.6. The molecule has 0 amide bonds. The Bertz CT molecular complexity index is 405. The quantitative estimate of drug-likeness (QED) is 0.169. The summed E-state index contributed by atoms with van der Waals surface area (Å²) in [6, 6.07) is 0. The monoisotopic (exact) mass is 379 g/mol. The van der Waals surface area contributed by atoms with Crippen LogP contribution in [0.3, 0.4) is 0 Å². The van der Waals surface area contributed by atoms with Crippen LogP contribution < -0.4 is 5.32 Å². The fraction of sp³-hybridized carbons (Fsp3) is 0.833. The van der Waals surface area contributed by atoms with Crippen LogP contribution in [0.1, 0.15) is 111 Å². The molecule has 0 aromatic rings. The van der Waals surface area contributed by atoms with Gasteiger partial charge in [0.15, 0.2) is 12.4 Å². The van der Waals surface area contributed by atoms with E-state index in [2.05, 4.69) is 37.5 Å². The van der Waals surface area contributed by atoms with E-state index in [1.807, 2.05) is 13.1 Å². The third-order valence-corrected chi connectivity index (χ3v) is 6.20. The molecule has 1 aliphatic rings. The molecule has 1 heterocycles. The van der Waals surface area contributed by atoms with Gasteiger partial charge in [-0.25, -0.2) is 0 Å². The van der Waals surface area contributed by atoms with E-state index < -0.39 is 0 Å². The van der Waals surface area contributed by atoms with E-state index in [-0.39, 0.29) is 6.23 Å². The Hall–Kier alpha value is -0.800. The molecule has 0 fully saturated rings. The first-order chi connectivity index (χ1) is 13.2. The van der Waals surface area contributed by atoms with Gasteiger partial charge in [-0.2, -0.15) is 0 Å². The molecule has 0 spiro atoms. The van der Waals surface area contributed by atoms with Gasteiger partial charge in [0.25, 0.3) is 0 Å². The van der Waals surface area contributed by atoms with Crippen molar-refractivity contribution in [1.82, 2.24) is 5.32 Å². The zero-order valence-corrected chi connectivity index (χ0v) is 18.5. The van der Waals surface area contributed by atoms with Crippen molar-refractivity contribution in [2.24, 2.45) is 0 Å². The molecule has 3 nitrogen and oxygen atoms in total. The lowest BCUT2D eigenvalue weighted by Crippen LogP contribution is -2.57. The van der Waals surface area contributed by atoms with Gasteiger partial charge in [0, 0.05) is 13.3 Å². The van der Waals surface area contributed by atoms with Crippen molar-refractivity contribution in [2.45, 2.75) is 123 Å². The number of hydrogen-bond donors (Lipinski definition) is 2. The number of unbranched alkanes of at least 4 members (excludes halogenated alkanes) is 11. The van der Waals surface area contributed by atoms with E-state index >= 15 is 0 Å². The van der Waals surface area contributed by atoms with Gasteiger partial charge in [-0.3, -0.25) is 4.48 Å². The van der Waals surface area contributed by atoms with Crippen LogP contribution in [0.15, 0.2) is 24.6 Å². The first-order valence-electron chi connectivity index (χ1n) is 11.8. The molecule has 0 saturated carbocycles. The Kier molecular flexibility index (Phi) is 13.6. The molecular weight excluding hydrogens is 332 g/mol. The molecule has 2 N–H and O–H groups in total. The van der Waals surface area contributed by atoms with Crippen LogP contribution in [0.2, 0.25) is 0 Å². The molecule has 0 radical (unpaired) electrons. The average Bonchev–Trinajstić information content (AvgIpc) is 3.09. The lowest BCUT2D eigenvalue weighted by molar-refractivity contribution is -0.942. The number of nitrogens with zero attached hydrogens (tertiary/aromatic N) is 1. The molecule has 158 valence electrons. The second kappa shape index (κ2) is 15.2. The Labute approximate surface area is 169 Å². The molecular formula is C24H47N2O+. The minimum atomic E-state index is -0.336. The maximum absolute atomic E-state index is 10.2. The Morgan fingerprint density at radius 3 is 2.00 bits per heavy atom. The maximum Gasteiger partial charge on any atom is 0.193 e. The highest BCUT2D eigenvalue weighted by atomic mass is 16.3. The summed E-state index contributed by atoms with van der Waals surface area (Å²) in [6.45, 7) is 7.29. The van der Waals surface area contributed by atoms with Gasteiger partial charge in [0.2, 0.25) is 0 Å². The zero-order chi connectivity index (χ0) is 19.8. The summed E-state index contributed by atoms with van der Waals surface area (Å²) in [6.07, 6.45) is 27.6. The number of allylic oxidation sites excluding steroid dienone is 2. The Balaban J connectivity index is 1.93. The third kappa shape index (κ3) is 9.30. The molecule has 0 aliphatic carbocycles. The van der Waals surface area contributed by atoms with E-state index in [1.165, 1.54) is 83.5 Å². The van der Waals surface area contributed by atoms with Gasteiger partial charge in [-0.15, -0.1) is 0 Å². The fourth-order valence-electron chi connectivity index (χ4n) is 4.24. The Morgan fingerprint density at radius 2 is 1.44 bits per heavy atom. The molecule has 0 aromatic carbocycles. The molecule has 0 bridgehead atoms. The summed E-state index contributed by atoms with van der Waals surface area (Å²) in [4.78, 5) is 0. The van der Waals surface area contributed by atoms with Crippen molar-refractivity contribution in [3.05, 3.63) is 24.6 Å². The number of rotatable bonds is 17. The smallest absolute Gasteiger partial charge is 0.193 e. The highest BCUT2D eigenvalue weighted by Crippen LogP contribution is 2.25. The van der Waals surface area contributed by atoms with Crippen LogP contribution in [0.25, 0.3) is 0 Å². The second-order valence-electron chi connectivity index (χ2n) is 8.31. The lowest BCUT2D eigenvalue weighted by Gasteiger charge is -2.39. The highest BCUT2D eigenvalue weighted by Gasteiger charge is 2.40. The zero-order valence-electron chi connectivity index (χ0n) is 18.5. The van der Waals surface area contributed by atoms with Crippen LogP contribution in [0, 0.1) is 0 Å². The first kappa shape index (κ1) is 24.2. The van der Waals surface area contributed by atoms with Crippen molar-refractivity contribution in [2.75, 3.05) is 6.54 Å². The SMILES string of the molecule is CCCCCC/C=C/CCCCCCCCCC1NC=C[N+]1(CC)C(C)O. The van der Waals surface area contributed by atoms with Crippen LogP contribution >= 0.6 is 0 Å². The normalized spacial score (nSPS) is 23.2. The minimum Gasteiger partial charge on any atom is -0.345 e. The topological polar surface area (TPSA) is 32.3 Å². The molecule has 3 heteroatoms. The molecule has 1 rings (SSSR count). The number of hydrogen-bond acceptors (Lipinski definition) is 2. The Morgan fingerprint density at radius 1 is 0.889 bits per heavy atom. The highest BCUT2D eigenvalue weighted by molar-refractivity contribution is 4.84. The number of quaternary nitrogens is 1. The van der Waals surface area contributed by atoms with Crippen LogP contribution in [-0.2, 0) is 0 Å². The molecule has 0 saturated heterocycles. The van der Waals surface area contributed by atoms with E-state index in [9.17, 15) is 5.11 Å². The van der Waals surface area contributed by atoms with Gasteiger partial charge < -0.3 is 10.4 Å². The molecule has 3 atom stereocenters. The van der Waals surface area contributed by atoms with Crippen molar-refractivity contribution < 1.29 is 9.59 Å². The number of nitrogens with one attached hydrogen (secondary N) is 1. The summed E-state index contributed by atoms with van der Waals surface area (Å²) >= 11 is 0. The van der Waals surface area contributed by atoms with E-state index in [0.29, 0.717) is 10.6 Å². The van der Waals surface area contributed by atoms with Crippen molar-refractivity contribution >= 4 is 0 Å². The molecule has 0 aromatic heterocycles. The average molecular weight is 380 g/mol. The van der Waals surface area contributed by atoms with E-state index in [4.69, 9.17) is 0 Å². The predicted molar refractivity (Wildman–Crippen MR) is 118 cm³/mol. The van der Waals surface area contributed by atoms with Crippen molar-refractivity contribution in [3.8, 4) is 0 Å². The van der Waals surface area contributed by atoms with Crippen LogP contribution in [0.4, 0.5) is 0 Å². The largest absolute Gasteiger partial charge is 0.345 e. The van der Waals surface area contributed by atoms with Gasteiger partial charge >= 0.3 is 0 Å². The molecule has 3 unspecified atom stereocenters. The minimum absolute atomic E-state index is 0.336. The summed E-state index contributed by atoms with van der Waals surface area (Å²) in [5.74, 6) is 0. The summed E-state index contributed by atoms with van der Waals surface area (Å²) in [5.41, 5.74) is 0. The third-order valence-electron chi connectivity index (χ3n) is 6.20. The standard InChI is InChI=1S/C24H47N2O/c1-4-6-7-8-9-10-11-12-13-14-15-16-17-18-19-20-24-25-21-22-26(24,5-2)23(3)27/h10-11,21-25,27H,4-9,12-20H2,1-3H3/q+1/b11-10+. The molecule has 1 aliphatic heterocycles. The van der Waals surface area contributed by atoms with Crippen LogP contribution in [0.5, 0.6) is 0 Å². The maximum atomic E-state index is 10.2. The number of aliphatic hydroxyl groups excluding tert-OH is 1. The lowest BCUT2D eigenvalue weighted by atomic mass is 10.1. The van der Waals surface area contributed by atoms with E-state index in [1.54, 1.807) is 0 Å². The predicted octanol–water partition coefficient (Wildman–Crippen LogP) is 6.60. The van der Waals surface area contributed by atoms with Crippen molar-refractivity contribution in [1.29, 1.82) is 0 Å². The van der Waals surface area contributed by atoms with Gasteiger partial charge in [0.1, 0.15) is 6.20 Å². The van der Waals surface area contributed by atoms with Gasteiger partial charge in [0.05, 0.1) is 12.7 Å². The summed E-state index contributed by atoms with van der Waals surface area (Å²) in [7, 11) is 0. The molecule has 27 heavy (non-hydrogen) atoms. The number of aliphatic hydroxyl groups is 1. The van der Waals surface area contributed by atoms with Crippen LogP contribution in [-0.4, -0.2) is 28.5 Å². The van der Waals surface area contributed by atoms with Gasteiger partial charge in [-0.1, -0.05) is 70.4 Å². The second-order valence-corrected chi connectivity index (χ2v) is 8.31.